The molecule has 0 spiro atoms. The van der Waals surface area contributed by atoms with Crippen molar-refractivity contribution in [3.63, 3.8) is 0 Å². The number of urea groups is 1. The number of aromatic nitrogens is 3. The molecular formula is C19H19N5O4S2. The van der Waals surface area contributed by atoms with E-state index in [4.69, 9.17) is 9.15 Å². The lowest BCUT2D eigenvalue weighted by molar-refractivity contribution is -0.139. The lowest BCUT2D eigenvalue weighted by atomic mass is 10.0. The van der Waals surface area contributed by atoms with E-state index >= 15 is 0 Å². The van der Waals surface area contributed by atoms with Crippen molar-refractivity contribution in [3.8, 4) is 0 Å². The normalized spacial score (nSPS) is 16.3. The van der Waals surface area contributed by atoms with E-state index < -0.39 is 12.0 Å². The Bertz CT molecular complexity index is 1040. The number of rotatable bonds is 8. The summed E-state index contributed by atoms with van der Waals surface area (Å²) in [5.41, 5.74) is 0.886. The topological polar surface area (TPSA) is 111 Å². The number of hydrogen-bond acceptors (Lipinski definition) is 8. The highest BCUT2D eigenvalue weighted by atomic mass is 32.2. The zero-order chi connectivity index (χ0) is 20.9. The van der Waals surface area contributed by atoms with Crippen LogP contribution in [0.2, 0.25) is 0 Å². The largest absolute Gasteiger partial charge is 0.467 e. The molecule has 1 aliphatic heterocycles. The van der Waals surface area contributed by atoms with Crippen LogP contribution >= 0.6 is 23.1 Å². The number of furan rings is 1. The van der Waals surface area contributed by atoms with Gasteiger partial charge in [0.25, 0.3) is 0 Å². The number of carbonyl (C=O) groups excluding carboxylic acids is 2. The van der Waals surface area contributed by atoms with Crippen molar-refractivity contribution in [1.82, 2.24) is 25.4 Å². The molecule has 2 amide bonds. The highest BCUT2D eigenvalue weighted by molar-refractivity contribution is 7.99. The number of carbonyl (C=O) groups is 2. The molecule has 156 valence electrons. The van der Waals surface area contributed by atoms with Gasteiger partial charge in [-0.05, 0) is 30.5 Å². The Morgan fingerprint density at radius 1 is 1.40 bits per heavy atom. The summed E-state index contributed by atoms with van der Waals surface area (Å²) in [5, 5.41) is 16.2. The predicted molar refractivity (Wildman–Crippen MR) is 111 cm³/mol. The van der Waals surface area contributed by atoms with Crippen LogP contribution in [0.1, 0.15) is 23.6 Å². The lowest BCUT2D eigenvalue weighted by Gasteiger charge is -2.28. The second-order valence-electron chi connectivity index (χ2n) is 6.27. The SMILES string of the molecule is CCOC(=O)C1=C(CSc2nncn2Cc2ccco2)NC(=O)N[C@@H]1c1cccs1. The van der Waals surface area contributed by atoms with E-state index in [9.17, 15) is 9.59 Å². The molecule has 0 saturated heterocycles. The standard InChI is InChI=1S/C19H19N5O4S2/c1-2-27-17(25)15-13(21-18(26)22-16(15)14-6-4-8-29-14)10-30-19-23-20-11-24(19)9-12-5-3-7-28-12/h3-8,11,16H,2,9-10H2,1H3,(H2,21,22,26)/t16-/m1/s1. The summed E-state index contributed by atoms with van der Waals surface area (Å²) in [7, 11) is 0. The van der Waals surface area contributed by atoms with Crippen LogP contribution in [0.25, 0.3) is 0 Å². The average Bonchev–Trinajstić information content (AvgIpc) is 3.50. The van der Waals surface area contributed by atoms with Gasteiger partial charge in [-0.1, -0.05) is 17.8 Å². The van der Waals surface area contributed by atoms with E-state index in [0.717, 1.165) is 10.6 Å². The summed E-state index contributed by atoms with van der Waals surface area (Å²) in [5.74, 6) is 0.632. The Labute approximate surface area is 180 Å². The monoisotopic (exact) mass is 445 g/mol. The van der Waals surface area contributed by atoms with Gasteiger partial charge in [0.15, 0.2) is 5.16 Å². The molecule has 1 atom stereocenters. The summed E-state index contributed by atoms with van der Waals surface area (Å²) in [4.78, 5) is 25.9. The van der Waals surface area contributed by atoms with Crippen LogP contribution in [0, 0.1) is 0 Å². The van der Waals surface area contributed by atoms with Crippen LogP contribution in [-0.2, 0) is 16.1 Å². The Morgan fingerprint density at radius 2 is 2.30 bits per heavy atom. The van der Waals surface area contributed by atoms with E-state index in [2.05, 4.69) is 20.8 Å². The highest BCUT2D eigenvalue weighted by Crippen LogP contribution is 2.32. The van der Waals surface area contributed by atoms with Crippen molar-refractivity contribution in [2.24, 2.45) is 0 Å². The number of nitrogens with zero attached hydrogens (tertiary/aromatic N) is 3. The maximum absolute atomic E-state index is 12.7. The first-order valence-corrected chi connectivity index (χ1v) is 11.1. The number of ether oxygens (including phenoxy) is 1. The molecule has 11 heteroatoms. The quantitative estimate of drug-likeness (QED) is 0.405. The number of nitrogens with one attached hydrogen (secondary N) is 2. The van der Waals surface area contributed by atoms with Crippen LogP contribution < -0.4 is 10.6 Å². The number of esters is 1. The van der Waals surface area contributed by atoms with Crippen molar-refractivity contribution < 1.29 is 18.7 Å². The molecule has 0 fully saturated rings. The summed E-state index contributed by atoms with van der Waals surface area (Å²) >= 11 is 2.83. The molecule has 0 saturated carbocycles. The molecule has 4 heterocycles. The van der Waals surface area contributed by atoms with Crippen LogP contribution in [-0.4, -0.2) is 39.1 Å². The maximum atomic E-state index is 12.7. The fourth-order valence-corrected chi connectivity index (χ4v) is 4.69. The van der Waals surface area contributed by atoms with Crippen molar-refractivity contribution in [2.75, 3.05) is 12.4 Å². The minimum atomic E-state index is -0.561. The molecule has 4 rings (SSSR count). The van der Waals surface area contributed by atoms with Crippen LogP contribution in [0.4, 0.5) is 4.79 Å². The third-order valence-corrected chi connectivity index (χ3v) is 6.25. The van der Waals surface area contributed by atoms with Gasteiger partial charge in [-0.15, -0.1) is 21.5 Å². The second kappa shape index (κ2) is 9.18. The average molecular weight is 446 g/mol. The van der Waals surface area contributed by atoms with Crippen LogP contribution in [0.5, 0.6) is 0 Å². The van der Waals surface area contributed by atoms with E-state index in [1.54, 1.807) is 19.5 Å². The number of amides is 2. The summed E-state index contributed by atoms with van der Waals surface area (Å²) in [6.07, 6.45) is 3.22. The lowest BCUT2D eigenvalue weighted by Crippen LogP contribution is -2.46. The molecule has 3 aromatic heterocycles. The van der Waals surface area contributed by atoms with E-state index in [-0.39, 0.29) is 12.6 Å². The molecular weight excluding hydrogens is 426 g/mol. The Kier molecular flexibility index (Phi) is 6.19. The number of hydrogen-bond donors (Lipinski definition) is 2. The smallest absolute Gasteiger partial charge is 0.338 e. The van der Waals surface area contributed by atoms with E-state index in [1.807, 2.05) is 34.2 Å². The minimum absolute atomic E-state index is 0.241. The number of thiophene rings is 1. The van der Waals surface area contributed by atoms with E-state index in [1.165, 1.54) is 23.1 Å². The summed E-state index contributed by atoms with van der Waals surface area (Å²) in [6.45, 7) is 2.47. The van der Waals surface area contributed by atoms with Gasteiger partial charge in [0.2, 0.25) is 0 Å². The molecule has 0 radical (unpaired) electrons. The molecule has 2 N–H and O–H groups in total. The van der Waals surface area contributed by atoms with Gasteiger partial charge in [0, 0.05) is 16.3 Å². The van der Waals surface area contributed by atoms with Gasteiger partial charge >= 0.3 is 12.0 Å². The van der Waals surface area contributed by atoms with Crippen LogP contribution in [0.3, 0.4) is 0 Å². The fourth-order valence-electron chi connectivity index (χ4n) is 3.02. The van der Waals surface area contributed by atoms with Crippen LogP contribution in [0.15, 0.2) is 63.1 Å². The Morgan fingerprint density at radius 3 is 3.03 bits per heavy atom. The predicted octanol–water partition coefficient (Wildman–Crippen LogP) is 2.94. The Hall–Kier alpha value is -3.05. The first-order chi connectivity index (χ1) is 14.7. The molecule has 3 aromatic rings. The minimum Gasteiger partial charge on any atom is -0.467 e. The van der Waals surface area contributed by atoms with E-state index in [0.29, 0.717) is 28.7 Å². The highest BCUT2D eigenvalue weighted by Gasteiger charge is 2.34. The molecule has 9 nitrogen and oxygen atoms in total. The van der Waals surface area contributed by atoms with Gasteiger partial charge in [-0.3, -0.25) is 0 Å². The van der Waals surface area contributed by atoms with Crippen molar-refractivity contribution >= 4 is 35.1 Å². The number of thioether (sulfide) groups is 1. The van der Waals surface area contributed by atoms with Gasteiger partial charge in [0.1, 0.15) is 12.1 Å². The summed E-state index contributed by atoms with van der Waals surface area (Å²) in [6, 6.07) is 6.52. The first kappa shape index (κ1) is 20.2. The third kappa shape index (κ3) is 4.41. The zero-order valence-corrected chi connectivity index (χ0v) is 17.7. The maximum Gasteiger partial charge on any atom is 0.338 e. The van der Waals surface area contributed by atoms with Gasteiger partial charge in [-0.2, -0.15) is 0 Å². The first-order valence-electron chi connectivity index (χ1n) is 9.19. The van der Waals surface area contributed by atoms with Crippen molar-refractivity contribution in [3.05, 3.63) is 64.1 Å². The summed E-state index contributed by atoms with van der Waals surface area (Å²) < 4.78 is 12.5. The molecule has 1 aliphatic rings. The molecule has 0 bridgehead atoms. The van der Waals surface area contributed by atoms with Crippen molar-refractivity contribution in [1.29, 1.82) is 0 Å². The molecule has 0 aliphatic carbocycles. The zero-order valence-electron chi connectivity index (χ0n) is 16.0. The third-order valence-electron chi connectivity index (χ3n) is 4.31. The van der Waals surface area contributed by atoms with Crippen molar-refractivity contribution in [2.45, 2.75) is 24.7 Å². The fraction of sp³-hybridized carbons (Fsp3) is 0.263. The van der Waals surface area contributed by atoms with Gasteiger partial charge in [-0.25, -0.2) is 9.59 Å². The van der Waals surface area contributed by atoms with Gasteiger partial charge in [0.05, 0.1) is 31.0 Å². The molecule has 0 aromatic carbocycles. The Balaban J connectivity index is 1.60. The molecule has 0 unspecified atom stereocenters. The van der Waals surface area contributed by atoms with Gasteiger partial charge < -0.3 is 24.4 Å². The molecule has 30 heavy (non-hydrogen) atoms. The second-order valence-corrected chi connectivity index (χ2v) is 8.19.